The highest BCUT2D eigenvalue weighted by atomic mass is 16.6. The molecule has 0 N–H and O–H groups in total. The number of hydrogen-bond donors (Lipinski definition) is 0. The smallest absolute Gasteiger partial charge is 0.308 e. The van der Waals surface area contributed by atoms with E-state index >= 15 is 0 Å². The van der Waals surface area contributed by atoms with Gasteiger partial charge in [0.05, 0.1) is 13.0 Å². The van der Waals surface area contributed by atoms with Gasteiger partial charge in [-0.15, -0.1) is 0 Å². The van der Waals surface area contributed by atoms with Crippen LogP contribution in [0.4, 0.5) is 0 Å². The molecule has 4 fully saturated rings. The Morgan fingerprint density at radius 2 is 1.69 bits per heavy atom. The predicted molar refractivity (Wildman–Crippen MR) is 133 cm³/mol. The summed E-state index contributed by atoms with van der Waals surface area (Å²) in [6, 6.07) is 0. The molecule has 1 heterocycles. The molecule has 0 bridgehead atoms. The van der Waals surface area contributed by atoms with Gasteiger partial charge in [0.2, 0.25) is 0 Å². The van der Waals surface area contributed by atoms with E-state index in [1.165, 1.54) is 12.7 Å². The Balaban J connectivity index is 1.61. The second kappa shape index (κ2) is 7.68. The molecule has 1 saturated heterocycles. The lowest BCUT2D eigenvalue weighted by Gasteiger charge is -2.68. The van der Waals surface area contributed by atoms with Crippen molar-refractivity contribution in [2.45, 2.75) is 105 Å². The molecule has 8 atom stereocenters. The Hall–Kier alpha value is -1.65. The topological polar surface area (TPSA) is 69.7 Å². The standard InChI is InChI=1S/C30H44O5/c1-26(2)22-9-13-30(6)24(28(22,4)12-10-23(32)35-26)21(31)17-20-19-16-18(25(33)34-7)8-11-27(19,3)14-15-29(20,30)5/h17-19,22,24H,8-16H2,1-7H3/t18-,19-,22?,24?,27-,28-,29+,30+/m0/s1. The van der Waals surface area contributed by atoms with Crippen molar-refractivity contribution in [3.05, 3.63) is 11.6 Å². The maximum absolute atomic E-state index is 14.3. The number of carbonyl (C=O) groups excluding carboxylic acids is 3. The molecule has 0 aromatic carbocycles. The fourth-order valence-corrected chi connectivity index (χ4v) is 10.1. The lowest BCUT2D eigenvalue weighted by molar-refractivity contribution is -0.187. The van der Waals surface area contributed by atoms with Crippen molar-refractivity contribution in [2.24, 2.45) is 45.3 Å². The summed E-state index contributed by atoms with van der Waals surface area (Å²) in [5.41, 5.74) is 0.297. The highest BCUT2D eigenvalue weighted by Crippen LogP contribution is 2.73. The minimum atomic E-state index is -0.572. The molecule has 4 aliphatic carbocycles. The van der Waals surface area contributed by atoms with Crippen LogP contribution in [0.15, 0.2) is 11.6 Å². The summed E-state index contributed by atoms with van der Waals surface area (Å²) in [4.78, 5) is 39.3. The summed E-state index contributed by atoms with van der Waals surface area (Å²) in [5, 5.41) is 0. The van der Waals surface area contributed by atoms with Crippen molar-refractivity contribution in [3.63, 3.8) is 0 Å². The van der Waals surface area contributed by atoms with Crippen molar-refractivity contribution in [1.82, 2.24) is 0 Å². The van der Waals surface area contributed by atoms with Crippen molar-refractivity contribution in [3.8, 4) is 0 Å². The first-order chi connectivity index (χ1) is 16.2. The van der Waals surface area contributed by atoms with E-state index < -0.39 is 5.60 Å². The minimum absolute atomic E-state index is 0.0824. The number of fused-ring (bicyclic) bond motifs is 7. The summed E-state index contributed by atoms with van der Waals surface area (Å²) in [7, 11) is 1.48. The monoisotopic (exact) mass is 484 g/mol. The first-order valence-corrected chi connectivity index (χ1v) is 13.8. The van der Waals surface area contributed by atoms with E-state index in [0.717, 1.165) is 44.9 Å². The number of esters is 2. The van der Waals surface area contributed by atoms with Gasteiger partial charge in [-0.2, -0.15) is 0 Å². The molecule has 5 nitrogen and oxygen atoms in total. The van der Waals surface area contributed by atoms with Gasteiger partial charge in [-0.3, -0.25) is 14.4 Å². The van der Waals surface area contributed by atoms with Crippen LogP contribution in [-0.4, -0.2) is 30.4 Å². The number of ether oxygens (including phenoxy) is 2. The fraction of sp³-hybridized carbons (Fsp3) is 0.833. The average Bonchev–Trinajstić information content (AvgIpc) is 2.86. The van der Waals surface area contributed by atoms with Crippen molar-refractivity contribution in [1.29, 1.82) is 0 Å². The molecule has 0 amide bonds. The van der Waals surface area contributed by atoms with Gasteiger partial charge in [0.15, 0.2) is 5.78 Å². The van der Waals surface area contributed by atoms with Crippen LogP contribution in [0.1, 0.15) is 99.3 Å². The summed E-state index contributed by atoms with van der Waals surface area (Å²) in [6.45, 7) is 13.5. The molecule has 5 aliphatic rings. The van der Waals surface area contributed by atoms with Gasteiger partial charge in [0, 0.05) is 18.3 Å². The van der Waals surface area contributed by atoms with Crippen molar-refractivity contribution < 1.29 is 23.9 Å². The van der Waals surface area contributed by atoms with E-state index in [4.69, 9.17) is 9.47 Å². The average molecular weight is 485 g/mol. The van der Waals surface area contributed by atoms with Gasteiger partial charge in [-0.1, -0.05) is 33.3 Å². The van der Waals surface area contributed by atoms with Crippen LogP contribution in [0.2, 0.25) is 0 Å². The van der Waals surface area contributed by atoms with E-state index in [2.05, 4.69) is 27.7 Å². The van der Waals surface area contributed by atoms with E-state index in [9.17, 15) is 14.4 Å². The Kier molecular flexibility index (Phi) is 5.49. The number of hydrogen-bond acceptors (Lipinski definition) is 5. The fourth-order valence-electron chi connectivity index (χ4n) is 10.1. The Morgan fingerprint density at radius 1 is 0.971 bits per heavy atom. The summed E-state index contributed by atoms with van der Waals surface area (Å²) >= 11 is 0. The van der Waals surface area contributed by atoms with Crippen LogP contribution >= 0.6 is 0 Å². The first-order valence-electron chi connectivity index (χ1n) is 13.8. The van der Waals surface area contributed by atoms with E-state index in [-0.39, 0.29) is 63.1 Å². The molecule has 3 saturated carbocycles. The lowest BCUT2D eigenvalue weighted by atomic mass is 9.35. The van der Waals surface area contributed by atoms with E-state index in [0.29, 0.717) is 12.8 Å². The number of cyclic esters (lactones) is 1. The van der Waals surface area contributed by atoms with Gasteiger partial charge in [-0.05, 0) is 98.9 Å². The SMILES string of the molecule is COC(=O)[C@H]1CC[C@@]2(C)CC[C@]3(C)C(=CC(=O)C4[C@@]5(C)CCC(=O)OC(C)(C)C5CC[C@]43C)[C@@H]2C1. The normalized spacial score (nSPS) is 48.7. The molecule has 5 heteroatoms. The molecule has 35 heavy (non-hydrogen) atoms. The maximum atomic E-state index is 14.3. The summed E-state index contributed by atoms with van der Waals surface area (Å²) in [5.74, 6) is 0.187. The Morgan fingerprint density at radius 3 is 2.37 bits per heavy atom. The van der Waals surface area contributed by atoms with Crippen molar-refractivity contribution in [2.75, 3.05) is 7.11 Å². The molecule has 194 valence electrons. The molecule has 0 aromatic heterocycles. The van der Waals surface area contributed by atoms with E-state index in [1.54, 1.807) is 0 Å². The maximum Gasteiger partial charge on any atom is 0.308 e. The first kappa shape index (κ1) is 25.0. The zero-order valence-corrected chi connectivity index (χ0v) is 22.8. The zero-order valence-electron chi connectivity index (χ0n) is 22.8. The largest absolute Gasteiger partial charge is 0.469 e. The summed E-state index contributed by atoms with van der Waals surface area (Å²) in [6.07, 6.45) is 9.90. The number of methoxy groups -OCH3 is 1. The van der Waals surface area contributed by atoms with Crippen LogP contribution in [-0.2, 0) is 23.9 Å². The number of allylic oxidation sites excluding steroid dienone is 2. The number of rotatable bonds is 1. The van der Waals surface area contributed by atoms with Crippen LogP contribution in [0, 0.1) is 45.3 Å². The molecule has 0 aromatic rings. The second-order valence-corrected chi connectivity index (χ2v) is 14.1. The molecular weight excluding hydrogens is 440 g/mol. The van der Waals surface area contributed by atoms with Crippen LogP contribution in [0.25, 0.3) is 0 Å². The van der Waals surface area contributed by atoms with Crippen LogP contribution < -0.4 is 0 Å². The Bertz CT molecular complexity index is 995. The molecule has 1 aliphatic heterocycles. The van der Waals surface area contributed by atoms with E-state index in [1.807, 2.05) is 19.9 Å². The third-order valence-corrected chi connectivity index (χ3v) is 12.1. The van der Waals surface area contributed by atoms with Gasteiger partial charge < -0.3 is 9.47 Å². The zero-order chi connectivity index (χ0) is 25.6. The third kappa shape index (κ3) is 3.28. The van der Waals surface area contributed by atoms with Crippen LogP contribution in [0.3, 0.4) is 0 Å². The highest BCUT2D eigenvalue weighted by Gasteiger charge is 2.69. The third-order valence-electron chi connectivity index (χ3n) is 12.1. The second-order valence-electron chi connectivity index (χ2n) is 14.1. The minimum Gasteiger partial charge on any atom is -0.469 e. The number of ketones is 1. The van der Waals surface area contributed by atoms with Crippen LogP contribution in [0.5, 0.6) is 0 Å². The summed E-state index contributed by atoms with van der Waals surface area (Å²) < 4.78 is 11.1. The Labute approximate surface area is 210 Å². The van der Waals surface area contributed by atoms with Gasteiger partial charge in [0.25, 0.3) is 0 Å². The molecular formula is C30H44O5. The van der Waals surface area contributed by atoms with Gasteiger partial charge >= 0.3 is 11.9 Å². The molecule has 0 radical (unpaired) electrons. The highest BCUT2D eigenvalue weighted by molar-refractivity contribution is 5.96. The van der Waals surface area contributed by atoms with Crippen molar-refractivity contribution >= 4 is 17.7 Å². The van der Waals surface area contributed by atoms with Gasteiger partial charge in [-0.25, -0.2) is 0 Å². The quantitative estimate of drug-likeness (QED) is 0.424. The van der Waals surface area contributed by atoms with Gasteiger partial charge in [0.1, 0.15) is 5.60 Å². The predicted octanol–water partition coefficient (Wildman–Crippen LogP) is 6.05. The number of carbonyl (C=O) groups is 3. The molecule has 0 spiro atoms. The molecule has 2 unspecified atom stereocenters. The molecule has 5 rings (SSSR count). The lowest BCUT2D eigenvalue weighted by Crippen LogP contribution is -2.65.